The van der Waals surface area contributed by atoms with Crippen LogP contribution in [0.3, 0.4) is 0 Å². The zero-order chi connectivity index (χ0) is 14.2. The fraction of sp³-hybridized carbons (Fsp3) is 0.438. The summed E-state index contributed by atoms with van der Waals surface area (Å²) in [5, 5.41) is 2.94. The van der Waals surface area contributed by atoms with Gasteiger partial charge in [-0.05, 0) is 43.0 Å². The van der Waals surface area contributed by atoms with Gasteiger partial charge in [-0.2, -0.15) is 0 Å². The summed E-state index contributed by atoms with van der Waals surface area (Å²) in [7, 11) is 0. The van der Waals surface area contributed by atoms with Gasteiger partial charge in [-0.25, -0.2) is 0 Å². The number of hydrogen-bond donors (Lipinski definition) is 2. The zero-order valence-corrected chi connectivity index (χ0v) is 11.5. The number of nitrogens with one attached hydrogen (secondary N) is 1. The number of amides is 1. The second kappa shape index (κ2) is 7.68. The Morgan fingerprint density at radius 1 is 1.40 bits per heavy atom. The van der Waals surface area contributed by atoms with Gasteiger partial charge in [0.1, 0.15) is 0 Å². The third-order valence-corrected chi connectivity index (χ3v) is 3.34. The summed E-state index contributed by atoms with van der Waals surface area (Å²) < 4.78 is 5.31. The van der Waals surface area contributed by atoms with Crippen molar-refractivity contribution >= 4 is 5.91 Å². The van der Waals surface area contributed by atoms with E-state index in [0.717, 1.165) is 31.6 Å². The van der Waals surface area contributed by atoms with Crippen LogP contribution in [-0.4, -0.2) is 32.2 Å². The third kappa shape index (κ3) is 4.37. The molecular formula is C16H20N2O2. The lowest BCUT2D eigenvalue weighted by Gasteiger charge is -2.08. The average molecular weight is 272 g/mol. The Hall–Kier alpha value is -1.83. The molecule has 1 aliphatic rings. The highest BCUT2D eigenvalue weighted by Crippen LogP contribution is 2.15. The molecule has 1 saturated heterocycles. The van der Waals surface area contributed by atoms with Crippen LogP contribution in [0.1, 0.15) is 28.8 Å². The monoisotopic (exact) mass is 272 g/mol. The van der Waals surface area contributed by atoms with E-state index in [0.29, 0.717) is 24.6 Å². The van der Waals surface area contributed by atoms with Gasteiger partial charge in [0.15, 0.2) is 0 Å². The predicted octanol–water partition coefficient (Wildman–Crippen LogP) is 1.15. The summed E-state index contributed by atoms with van der Waals surface area (Å²) >= 11 is 0. The van der Waals surface area contributed by atoms with Crippen molar-refractivity contribution in [2.75, 3.05) is 26.3 Å². The SMILES string of the molecule is NCC#Cc1ccc(C(=O)NCCC2CCOC2)cc1. The summed E-state index contributed by atoms with van der Waals surface area (Å²) in [5.41, 5.74) is 6.84. The van der Waals surface area contributed by atoms with Crippen LogP contribution in [0.4, 0.5) is 0 Å². The third-order valence-electron chi connectivity index (χ3n) is 3.34. The van der Waals surface area contributed by atoms with Crippen molar-refractivity contribution in [3.63, 3.8) is 0 Å². The van der Waals surface area contributed by atoms with Crippen molar-refractivity contribution in [3.8, 4) is 11.8 Å². The summed E-state index contributed by atoms with van der Waals surface area (Å²) in [4.78, 5) is 11.9. The lowest BCUT2D eigenvalue weighted by molar-refractivity contribution is 0.0950. The lowest BCUT2D eigenvalue weighted by atomic mass is 10.1. The molecule has 2 rings (SSSR count). The number of benzene rings is 1. The summed E-state index contributed by atoms with van der Waals surface area (Å²) in [6.07, 6.45) is 2.08. The molecule has 0 bridgehead atoms. The van der Waals surface area contributed by atoms with E-state index in [-0.39, 0.29) is 5.91 Å². The van der Waals surface area contributed by atoms with Gasteiger partial charge in [0.05, 0.1) is 6.54 Å². The number of carbonyl (C=O) groups is 1. The van der Waals surface area contributed by atoms with E-state index in [4.69, 9.17) is 10.5 Å². The molecule has 1 aromatic rings. The summed E-state index contributed by atoms with van der Waals surface area (Å²) in [6, 6.07) is 7.24. The Balaban J connectivity index is 1.79. The lowest BCUT2D eigenvalue weighted by Crippen LogP contribution is -2.26. The average Bonchev–Trinajstić information content (AvgIpc) is 2.99. The fourth-order valence-corrected chi connectivity index (χ4v) is 2.16. The van der Waals surface area contributed by atoms with Crippen LogP contribution < -0.4 is 11.1 Å². The molecule has 1 unspecified atom stereocenters. The second-order valence-electron chi connectivity index (χ2n) is 4.86. The minimum Gasteiger partial charge on any atom is -0.381 e. The number of hydrogen-bond acceptors (Lipinski definition) is 3. The van der Waals surface area contributed by atoms with E-state index in [1.54, 1.807) is 12.1 Å². The van der Waals surface area contributed by atoms with Crippen LogP contribution in [0.5, 0.6) is 0 Å². The molecule has 3 N–H and O–H groups in total. The highest BCUT2D eigenvalue weighted by molar-refractivity contribution is 5.94. The van der Waals surface area contributed by atoms with Crippen molar-refractivity contribution in [3.05, 3.63) is 35.4 Å². The van der Waals surface area contributed by atoms with E-state index < -0.39 is 0 Å². The number of nitrogens with two attached hydrogens (primary N) is 1. The highest BCUT2D eigenvalue weighted by Gasteiger charge is 2.15. The van der Waals surface area contributed by atoms with Crippen LogP contribution in [0.25, 0.3) is 0 Å². The van der Waals surface area contributed by atoms with Crippen LogP contribution in [0.15, 0.2) is 24.3 Å². The normalized spacial score (nSPS) is 17.4. The van der Waals surface area contributed by atoms with Gasteiger partial charge in [-0.1, -0.05) is 11.8 Å². The molecule has 1 heterocycles. The maximum Gasteiger partial charge on any atom is 0.251 e. The number of rotatable bonds is 4. The molecule has 1 atom stereocenters. The molecule has 0 spiro atoms. The van der Waals surface area contributed by atoms with E-state index in [1.165, 1.54) is 0 Å². The molecule has 0 radical (unpaired) electrons. The quantitative estimate of drug-likeness (QED) is 0.808. The van der Waals surface area contributed by atoms with Crippen molar-refractivity contribution < 1.29 is 9.53 Å². The number of carbonyl (C=O) groups excluding carboxylic acids is 1. The van der Waals surface area contributed by atoms with Gasteiger partial charge in [-0.15, -0.1) is 0 Å². The first kappa shape index (κ1) is 14.6. The van der Waals surface area contributed by atoms with Gasteiger partial charge < -0.3 is 15.8 Å². The Morgan fingerprint density at radius 3 is 2.85 bits per heavy atom. The Morgan fingerprint density at radius 2 is 2.20 bits per heavy atom. The van der Waals surface area contributed by atoms with E-state index in [2.05, 4.69) is 17.2 Å². The van der Waals surface area contributed by atoms with Gasteiger partial charge in [0, 0.05) is 30.9 Å². The minimum atomic E-state index is -0.0396. The van der Waals surface area contributed by atoms with Crippen molar-refractivity contribution in [1.82, 2.24) is 5.32 Å². The highest BCUT2D eigenvalue weighted by atomic mass is 16.5. The Kier molecular flexibility index (Phi) is 5.60. The molecule has 4 heteroatoms. The Bertz CT molecular complexity index is 493. The fourth-order valence-electron chi connectivity index (χ4n) is 2.16. The van der Waals surface area contributed by atoms with Crippen molar-refractivity contribution in [2.45, 2.75) is 12.8 Å². The molecule has 1 aromatic carbocycles. The van der Waals surface area contributed by atoms with Crippen LogP contribution in [-0.2, 0) is 4.74 Å². The van der Waals surface area contributed by atoms with Crippen LogP contribution in [0.2, 0.25) is 0 Å². The van der Waals surface area contributed by atoms with Gasteiger partial charge in [0.25, 0.3) is 5.91 Å². The number of ether oxygens (including phenoxy) is 1. The molecule has 1 amide bonds. The molecule has 20 heavy (non-hydrogen) atoms. The van der Waals surface area contributed by atoms with Crippen molar-refractivity contribution in [1.29, 1.82) is 0 Å². The minimum absolute atomic E-state index is 0.0396. The first-order chi connectivity index (χ1) is 9.79. The standard InChI is InChI=1S/C16H20N2O2/c17-9-1-2-13-3-5-15(6-4-13)16(19)18-10-7-14-8-11-20-12-14/h3-6,14H,7-12,17H2,(H,18,19). The molecular weight excluding hydrogens is 252 g/mol. The topological polar surface area (TPSA) is 64.4 Å². The molecule has 0 aliphatic carbocycles. The molecule has 0 aromatic heterocycles. The van der Waals surface area contributed by atoms with E-state index in [9.17, 15) is 4.79 Å². The molecule has 4 nitrogen and oxygen atoms in total. The molecule has 1 fully saturated rings. The van der Waals surface area contributed by atoms with E-state index >= 15 is 0 Å². The maximum atomic E-state index is 11.9. The Labute approximate surface area is 119 Å². The first-order valence-electron chi connectivity index (χ1n) is 6.94. The van der Waals surface area contributed by atoms with Gasteiger partial charge in [-0.3, -0.25) is 4.79 Å². The molecule has 1 aliphatic heterocycles. The first-order valence-corrected chi connectivity index (χ1v) is 6.94. The van der Waals surface area contributed by atoms with Crippen LogP contribution in [0, 0.1) is 17.8 Å². The summed E-state index contributed by atoms with van der Waals surface area (Å²) in [5.74, 6) is 6.26. The van der Waals surface area contributed by atoms with Crippen LogP contribution >= 0.6 is 0 Å². The zero-order valence-electron chi connectivity index (χ0n) is 11.5. The molecule has 106 valence electrons. The smallest absolute Gasteiger partial charge is 0.251 e. The maximum absolute atomic E-state index is 11.9. The van der Waals surface area contributed by atoms with Crippen molar-refractivity contribution in [2.24, 2.45) is 11.7 Å². The van der Waals surface area contributed by atoms with Gasteiger partial charge in [0.2, 0.25) is 0 Å². The predicted molar refractivity (Wildman–Crippen MR) is 78.3 cm³/mol. The van der Waals surface area contributed by atoms with Gasteiger partial charge >= 0.3 is 0 Å². The second-order valence-corrected chi connectivity index (χ2v) is 4.86. The largest absolute Gasteiger partial charge is 0.381 e. The molecule has 0 saturated carbocycles. The summed E-state index contributed by atoms with van der Waals surface area (Å²) in [6.45, 7) is 2.71. The van der Waals surface area contributed by atoms with E-state index in [1.807, 2.05) is 12.1 Å².